The Labute approximate surface area is 206 Å². The first-order chi connectivity index (χ1) is 16.9. The number of carbonyl (C=O) groups is 2. The maximum Gasteiger partial charge on any atom is 0.331 e. The van der Waals surface area contributed by atoms with E-state index in [0.29, 0.717) is 38.4 Å². The van der Waals surface area contributed by atoms with Crippen molar-refractivity contribution in [3.63, 3.8) is 0 Å². The van der Waals surface area contributed by atoms with Crippen LogP contribution in [0, 0.1) is 20.8 Å². The number of aryl methyl sites for hydroxylation is 2. The molecule has 4 rings (SSSR count). The lowest BCUT2D eigenvalue weighted by molar-refractivity contribution is -0.159. The summed E-state index contributed by atoms with van der Waals surface area (Å²) in [5, 5.41) is 4.64. The number of hydrogen-bond donors (Lipinski definition) is 0. The van der Waals surface area contributed by atoms with Gasteiger partial charge >= 0.3 is 5.97 Å². The molecule has 1 atom stereocenters. The van der Waals surface area contributed by atoms with Crippen molar-refractivity contribution in [2.45, 2.75) is 33.4 Å². The molecule has 1 aromatic heterocycles. The molecule has 2 heterocycles. The van der Waals surface area contributed by atoms with Crippen LogP contribution in [0.2, 0.25) is 0 Å². The van der Waals surface area contributed by atoms with E-state index in [0.717, 1.165) is 22.5 Å². The molecule has 0 N–H and O–H groups in total. The molecule has 1 aliphatic rings. The fourth-order valence-corrected chi connectivity index (χ4v) is 4.12. The highest BCUT2D eigenvalue weighted by Crippen LogP contribution is 2.22. The summed E-state index contributed by atoms with van der Waals surface area (Å²) in [5.41, 5.74) is 5.65. The summed E-state index contributed by atoms with van der Waals surface area (Å²) in [6.45, 7) is 8.52. The summed E-state index contributed by atoms with van der Waals surface area (Å²) in [5.74, 6) is -0.815. The van der Waals surface area contributed by atoms with Gasteiger partial charge in [-0.1, -0.05) is 60.2 Å². The van der Waals surface area contributed by atoms with E-state index in [1.54, 1.807) is 23.1 Å². The number of aromatic nitrogens is 2. The molecule has 1 fully saturated rings. The van der Waals surface area contributed by atoms with E-state index in [4.69, 9.17) is 9.47 Å². The minimum absolute atomic E-state index is 0.237. The first-order valence-electron chi connectivity index (χ1n) is 11.8. The molecule has 7 heteroatoms. The second-order valence-corrected chi connectivity index (χ2v) is 8.73. The van der Waals surface area contributed by atoms with Crippen LogP contribution in [0.3, 0.4) is 0 Å². The van der Waals surface area contributed by atoms with E-state index in [1.165, 1.54) is 11.6 Å². The van der Waals surface area contributed by atoms with Crippen LogP contribution in [0.1, 0.15) is 39.7 Å². The first-order valence-corrected chi connectivity index (χ1v) is 11.8. The highest BCUT2D eigenvalue weighted by Gasteiger charge is 2.30. The monoisotopic (exact) mass is 473 g/mol. The fourth-order valence-electron chi connectivity index (χ4n) is 4.12. The summed E-state index contributed by atoms with van der Waals surface area (Å²) in [6, 6.07) is 17.5. The van der Waals surface area contributed by atoms with Crippen LogP contribution in [0.25, 0.3) is 6.08 Å². The van der Waals surface area contributed by atoms with Gasteiger partial charge in [0.05, 0.1) is 25.5 Å². The molecule has 182 valence electrons. The molecule has 0 bridgehead atoms. The number of ether oxygens (including phenoxy) is 2. The lowest BCUT2D eigenvalue weighted by Crippen LogP contribution is -2.44. The summed E-state index contributed by atoms with van der Waals surface area (Å²) in [6.07, 6.45) is 2.08. The van der Waals surface area contributed by atoms with E-state index >= 15 is 0 Å². The van der Waals surface area contributed by atoms with Crippen LogP contribution in [-0.4, -0.2) is 52.9 Å². The second kappa shape index (κ2) is 11.1. The van der Waals surface area contributed by atoms with Gasteiger partial charge in [0.1, 0.15) is 0 Å². The van der Waals surface area contributed by atoms with E-state index < -0.39 is 12.1 Å². The van der Waals surface area contributed by atoms with Gasteiger partial charge in [-0.25, -0.2) is 4.79 Å². The molecule has 35 heavy (non-hydrogen) atoms. The average molecular weight is 474 g/mol. The first kappa shape index (κ1) is 24.4. The topological polar surface area (TPSA) is 73.7 Å². The van der Waals surface area contributed by atoms with Crippen LogP contribution in [0.4, 0.5) is 0 Å². The highest BCUT2D eigenvalue weighted by atomic mass is 16.5. The molecule has 1 aliphatic heterocycles. The van der Waals surface area contributed by atoms with E-state index in [9.17, 15) is 9.59 Å². The van der Waals surface area contributed by atoms with Gasteiger partial charge in [-0.2, -0.15) is 5.10 Å². The molecular formula is C28H31N3O4. The number of esters is 1. The molecule has 1 unspecified atom stereocenters. The zero-order valence-electron chi connectivity index (χ0n) is 20.4. The number of carbonyl (C=O) groups excluding carboxylic acids is 2. The SMILES string of the molecule is Cc1ccc(Cn2nc(C)c(/C=C/C(=O)OC(C(=O)N3CCOCC3)c3ccccc3)c2C)cc1. The third-order valence-corrected chi connectivity index (χ3v) is 6.16. The zero-order chi connectivity index (χ0) is 24.8. The molecule has 0 radical (unpaired) electrons. The van der Waals surface area contributed by atoms with E-state index in [2.05, 4.69) is 36.3 Å². The van der Waals surface area contributed by atoms with Gasteiger partial charge in [-0.3, -0.25) is 9.48 Å². The smallest absolute Gasteiger partial charge is 0.331 e. The van der Waals surface area contributed by atoms with Crippen molar-refractivity contribution < 1.29 is 19.1 Å². The summed E-state index contributed by atoms with van der Waals surface area (Å²) in [7, 11) is 0. The maximum atomic E-state index is 13.2. The normalized spacial score (nSPS) is 14.8. The number of morpholine rings is 1. The molecule has 1 saturated heterocycles. The number of amides is 1. The maximum absolute atomic E-state index is 13.2. The van der Waals surface area contributed by atoms with Crippen LogP contribution in [-0.2, 0) is 25.6 Å². The van der Waals surface area contributed by atoms with Crippen molar-refractivity contribution in [2.24, 2.45) is 0 Å². The Morgan fingerprint density at radius 2 is 1.71 bits per heavy atom. The van der Waals surface area contributed by atoms with Crippen molar-refractivity contribution >= 4 is 18.0 Å². The Morgan fingerprint density at radius 3 is 2.40 bits per heavy atom. The highest BCUT2D eigenvalue weighted by molar-refractivity contribution is 5.91. The molecule has 7 nitrogen and oxygen atoms in total. The van der Waals surface area contributed by atoms with Crippen LogP contribution >= 0.6 is 0 Å². The number of benzene rings is 2. The van der Waals surface area contributed by atoms with E-state index in [-0.39, 0.29) is 5.91 Å². The van der Waals surface area contributed by atoms with Crippen LogP contribution in [0.5, 0.6) is 0 Å². The van der Waals surface area contributed by atoms with Gasteiger partial charge in [-0.05, 0) is 32.4 Å². The molecule has 3 aromatic rings. The Morgan fingerprint density at radius 1 is 1.03 bits per heavy atom. The zero-order valence-corrected chi connectivity index (χ0v) is 20.4. The van der Waals surface area contributed by atoms with Gasteiger partial charge in [0.2, 0.25) is 6.10 Å². The van der Waals surface area contributed by atoms with Gasteiger partial charge in [0, 0.05) is 36.0 Å². The van der Waals surface area contributed by atoms with Gasteiger partial charge in [0.15, 0.2) is 0 Å². The Bertz CT molecular complexity index is 1190. The third-order valence-electron chi connectivity index (χ3n) is 6.16. The number of nitrogens with zero attached hydrogens (tertiary/aromatic N) is 3. The molecule has 0 spiro atoms. The Balaban J connectivity index is 1.49. The summed E-state index contributed by atoms with van der Waals surface area (Å²) in [4.78, 5) is 27.7. The van der Waals surface area contributed by atoms with Crippen LogP contribution in [0.15, 0.2) is 60.7 Å². The minimum atomic E-state index is -1.00. The lowest BCUT2D eigenvalue weighted by Gasteiger charge is -2.30. The van der Waals surface area contributed by atoms with Crippen molar-refractivity contribution in [1.82, 2.24) is 14.7 Å². The number of rotatable bonds is 7. The quantitative estimate of drug-likeness (QED) is 0.383. The van der Waals surface area contributed by atoms with E-state index in [1.807, 2.05) is 36.7 Å². The van der Waals surface area contributed by atoms with Gasteiger partial charge in [-0.15, -0.1) is 0 Å². The van der Waals surface area contributed by atoms with Crippen molar-refractivity contribution in [3.05, 3.63) is 94.3 Å². The van der Waals surface area contributed by atoms with Crippen LogP contribution < -0.4 is 0 Å². The van der Waals surface area contributed by atoms with Gasteiger partial charge < -0.3 is 14.4 Å². The Kier molecular flexibility index (Phi) is 7.77. The van der Waals surface area contributed by atoms with Crippen molar-refractivity contribution in [3.8, 4) is 0 Å². The molecule has 1 amide bonds. The summed E-state index contributed by atoms with van der Waals surface area (Å²) < 4.78 is 13.0. The average Bonchev–Trinajstić information content (AvgIpc) is 3.15. The second-order valence-electron chi connectivity index (χ2n) is 8.73. The third kappa shape index (κ3) is 6.05. The largest absolute Gasteiger partial charge is 0.444 e. The summed E-state index contributed by atoms with van der Waals surface area (Å²) >= 11 is 0. The number of hydrogen-bond acceptors (Lipinski definition) is 5. The minimum Gasteiger partial charge on any atom is -0.444 e. The van der Waals surface area contributed by atoms with Crippen molar-refractivity contribution in [1.29, 1.82) is 0 Å². The lowest BCUT2D eigenvalue weighted by atomic mass is 10.1. The van der Waals surface area contributed by atoms with Gasteiger partial charge in [0.25, 0.3) is 5.91 Å². The van der Waals surface area contributed by atoms with Crippen molar-refractivity contribution in [2.75, 3.05) is 26.3 Å². The predicted molar refractivity (Wildman–Crippen MR) is 134 cm³/mol. The molecule has 2 aromatic carbocycles. The molecule has 0 aliphatic carbocycles. The predicted octanol–water partition coefficient (Wildman–Crippen LogP) is 4.01. The standard InChI is InChI=1S/C28H31N3O4/c1-20-9-11-23(12-10-20)19-31-22(3)25(21(2)29-31)13-14-26(32)35-27(24-7-5-4-6-8-24)28(33)30-15-17-34-18-16-30/h4-14,27H,15-19H2,1-3H3/b14-13+. The Hall–Kier alpha value is -3.71. The fraction of sp³-hybridized carbons (Fsp3) is 0.321. The molecular weight excluding hydrogens is 442 g/mol. The molecule has 0 saturated carbocycles.